The standard InChI is InChI=1S/C13H15N5O2/c1-7-16-13(20-18-7)2-3-15-11-6-10-8(4-9(11)14)5-12(19)17-10/h4,6,15H,2-3,5,14H2,1H3,(H,17,19). The molecule has 0 radical (unpaired) electrons. The highest BCUT2D eigenvalue weighted by Gasteiger charge is 2.19. The van der Waals surface area contributed by atoms with Gasteiger partial charge >= 0.3 is 0 Å². The van der Waals surface area contributed by atoms with E-state index >= 15 is 0 Å². The van der Waals surface area contributed by atoms with Gasteiger partial charge in [-0.1, -0.05) is 5.16 Å². The SMILES string of the molecule is Cc1noc(CCNc2cc3c(cc2N)CC(=O)N3)n1. The van der Waals surface area contributed by atoms with E-state index in [9.17, 15) is 4.79 Å². The second-order valence-corrected chi connectivity index (χ2v) is 4.73. The molecule has 0 bridgehead atoms. The van der Waals surface area contributed by atoms with Gasteiger partial charge in [0, 0.05) is 18.7 Å². The number of hydrogen-bond acceptors (Lipinski definition) is 6. The fraction of sp³-hybridized carbons (Fsp3) is 0.308. The Bertz CT molecular complexity index is 665. The summed E-state index contributed by atoms with van der Waals surface area (Å²) in [5, 5.41) is 9.74. The Balaban J connectivity index is 1.66. The third-order valence-electron chi connectivity index (χ3n) is 3.12. The topological polar surface area (TPSA) is 106 Å². The van der Waals surface area contributed by atoms with Crippen LogP contribution in [0.15, 0.2) is 16.7 Å². The van der Waals surface area contributed by atoms with E-state index in [1.807, 2.05) is 12.1 Å². The number of nitrogens with one attached hydrogen (secondary N) is 2. The van der Waals surface area contributed by atoms with E-state index in [0.29, 0.717) is 36.8 Å². The first kappa shape index (κ1) is 12.5. The van der Waals surface area contributed by atoms with Gasteiger partial charge in [0.05, 0.1) is 17.8 Å². The zero-order valence-electron chi connectivity index (χ0n) is 11.1. The highest BCUT2D eigenvalue weighted by atomic mass is 16.5. The minimum absolute atomic E-state index is 0.00196. The highest BCUT2D eigenvalue weighted by Crippen LogP contribution is 2.31. The van der Waals surface area contributed by atoms with Gasteiger partial charge in [0.2, 0.25) is 11.8 Å². The summed E-state index contributed by atoms with van der Waals surface area (Å²) in [7, 11) is 0. The molecule has 0 atom stereocenters. The molecule has 1 amide bonds. The summed E-state index contributed by atoms with van der Waals surface area (Å²) < 4.78 is 5.03. The molecular formula is C13H15N5O2. The predicted octanol–water partition coefficient (Wildman–Crippen LogP) is 1.11. The number of nitrogen functional groups attached to an aromatic ring is 1. The minimum atomic E-state index is -0.00196. The average Bonchev–Trinajstić information content (AvgIpc) is 2.95. The molecule has 0 fully saturated rings. The second-order valence-electron chi connectivity index (χ2n) is 4.73. The molecule has 2 heterocycles. The van der Waals surface area contributed by atoms with Crippen LogP contribution in [0.25, 0.3) is 0 Å². The molecule has 1 aliphatic rings. The number of aromatic nitrogens is 2. The maximum Gasteiger partial charge on any atom is 0.228 e. The van der Waals surface area contributed by atoms with Crippen molar-refractivity contribution < 1.29 is 9.32 Å². The van der Waals surface area contributed by atoms with E-state index in [-0.39, 0.29) is 5.91 Å². The van der Waals surface area contributed by atoms with Crippen molar-refractivity contribution >= 4 is 23.0 Å². The lowest BCUT2D eigenvalue weighted by molar-refractivity contribution is -0.115. The van der Waals surface area contributed by atoms with Gasteiger partial charge in [0.15, 0.2) is 5.82 Å². The molecule has 2 aromatic rings. The van der Waals surface area contributed by atoms with E-state index in [4.69, 9.17) is 10.3 Å². The van der Waals surface area contributed by atoms with E-state index in [1.54, 1.807) is 6.92 Å². The smallest absolute Gasteiger partial charge is 0.228 e. The zero-order chi connectivity index (χ0) is 14.1. The first-order valence-electron chi connectivity index (χ1n) is 6.37. The molecule has 104 valence electrons. The van der Waals surface area contributed by atoms with Gasteiger partial charge in [-0.15, -0.1) is 0 Å². The molecule has 0 aliphatic carbocycles. The molecule has 0 saturated heterocycles. The van der Waals surface area contributed by atoms with Crippen LogP contribution in [-0.2, 0) is 17.6 Å². The molecule has 3 rings (SSSR count). The predicted molar refractivity (Wildman–Crippen MR) is 74.4 cm³/mol. The van der Waals surface area contributed by atoms with Crippen LogP contribution in [0.2, 0.25) is 0 Å². The number of amides is 1. The largest absolute Gasteiger partial charge is 0.397 e. The maximum atomic E-state index is 11.3. The Labute approximate surface area is 115 Å². The van der Waals surface area contributed by atoms with E-state index in [0.717, 1.165) is 16.9 Å². The molecule has 0 unspecified atom stereocenters. The van der Waals surface area contributed by atoms with Crippen molar-refractivity contribution in [2.24, 2.45) is 0 Å². The molecular weight excluding hydrogens is 258 g/mol. The quantitative estimate of drug-likeness (QED) is 0.720. The monoisotopic (exact) mass is 273 g/mol. The minimum Gasteiger partial charge on any atom is -0.397 e. The van der Waals surface area contributed by atoms with Crippen molar-refractivity contribution in [3.8, 4) is 0 Å². The molecule has 4 N–H and O–H groups in total. The van der Waals surface area contributed by atoms with Gasteiger partial charge in [-0.3, -0.25) is 4.79 Å². The number of benzene rings is 1. The number of anilines is 3. The molecule has 1 aromatic heterocycles. The molecule has 20 heavy (non-hydrogen) atoms. The van der Waals surface area contributed by atoms with Crippen LogP contribution in [0.3, 0.4) is 0 Å². The van der Waals surface area contributed by atoms with Crippen LogP contribution in [0, 0.1) is 6.92 Å². The second kappa shape index (κ2) is 4.84. The normalized spacial score (nSPS) is 13.2. The molecule has 7 heteroatoms. The summed E-state index contributed by atoms with van der Waals surface area (Å²) in [6.45, 7) is 2.40. The summed E-state index contributed by atoms with van der Waals surface area (Å²) in [6, 6.07) is 3.68. The lowest BCUT2D eigenvalue weighted by Gasteiger charge is -2.10. The van der Waals surface area contributed by atoms with E-state index < -0.39 is 0 Å². The van der Waals surface area contributed by atoms with Crippen LogP contribution in [0.5, 0.6) is 0 Å². The van der Waals surface area contributed by atoms with Gasteiger partial charge in [0.25, 0.3) is 0 Å². The summed E-state index contributed by atoms with van der Waals surface area (Å²) in [5.74, 6) is 1.21. The van der Waals surface area contributed by atoms with Crippen molar-refractivity contribution in [1.29, 1.82) is 0 Å². The van der Waals surface area contributed by atoms with Gasteiger partial charge in [-0.05, 0) is 24.6 Å². The number of hydrogen-bond donors (Lipinski definition) is 3. The molecule has 0 saturated carbocycles. The number of carbonyl (C=O) groups is 1. The fourth-order valence-electron chi connectivity index (χ4n) is 2.19. The summed E-state index contributed by atoms with van der Waals surface area (Å²) >= 11 is 0. The third-order valence-corrected chi connectivity index (χ3v) is 3.12. The number of nitrogens with zero attached hydrogens (tertiary/aromatic N) is 2. The Morgan fingerprint density at radius 1 is 1.50 bits per heavy atom. The summed E-state index contributed by atoms with van der Waals surface area (Å²) in [6.07, 6.45) is 1.00. The Morgan fingerprint density at radius 2 is 2.35 bits per heavy atom. The highest BCUT2D eigenvalue weighted by molar-refractivity contribution is 6.00. The number of rotatable bonds is 4. The fourth-order valence-corrected chi connectivity index (χ4v) is 2.19. The molecule has 1 aromatic carbocycles. The zero-order valence-corrected chi connectivity index (χ0v) is 11.1. The Morgan fingerprint density at radius 3 is 3.10 bits per heavy atom. The first-order valence-corrected chi connectivity index (χ1v) is 6.37. The van der Waals surface area contributed by atoms with Crippen molar-refractivity contribution in [3.63, 3.8) is 0 Å². The number of nitrogens with two attached hydrogens (primary N) is 1. The molecule has 7 nitrogen and oxygen atoms in total. The number of fused-ring (bicyclic) bond motifs is 1. The van der Waals surface area contributed by atoms with Crippen LogP contribution >= 0.6 is 0 Å². The van der Waals surface area contributed by atoms with Crippen LogP contribution in [0.1, 0.15) is 17.3 Å². The Hall–Kier alpha value is -2.57. The number of aryl methyl sites for hydroxylation is 1. The van der Waals surface area contributed by atoms with Crippen molar-refractivity contribution in [2.75, 3.05) is 22.9 Å². The van der Waals surface area contributed by atoms with Gasteiger partial charge in [-0.25, -0.2) is 0 Å². The first-order chi connectivity index (χ1) is 9.61. The van der Waals surface area contributed by atoms with Gasteiger partial charge in [0.1, 0.15) is 0 Å². The van der Waals surface area contributed by atoms with Crippen molar-refractivity contribution in [1.82, 2.24) is 10.1 Å². The van der Waals surface area contributed by atoms with Crippen LogP contribution < -0.4 is 16.4 Å². The summed E-state index contributed by atoms with van der Waals surface area (Å²) in [4.78, 5) is 15.5. The maximum absolute atomic E-state index is 11.3. The van der Waals surface area contributed by atoms with Gasteiger partial charge in [-0.2, -0.15) is 4.98 Å². The Kier molecular flexibility index (Phi) is 3.02. The lowest BCUT2D eigenvalue weighted by atomic mass is 10.1. The molecule has 0 spiro atoms. The summed E-state index contributed by atoms with van der Waals surface area (Å²) in [5.41, 5.74) is 9.15. The van der Waals surface area contributed by atoms with Crippen LogP contribution in [-0.4, -0.2) is 22.6 Å². The third kappa shape index (κ3) is 2.42. The number of carbonyl (C=O) groups excluding carboxylic acids is 1. The van der Waals surface area contributed by atoms with E-state index in [2.05, 4.69) is 20.8 Å². The van der Waals surface area contributed by atoms with E-state index in [1.165, 1.54) is 0 Å². The van der Waals surface area contributed by atoms with Crippen molar-refractivity contribution in [2.45, 2.75) is 19.8 Å². The average molecular weight is 273 g/mol. The lowest BCUT2D eigenvalue weighted by Crippen LogP contribution is -2.08. The molecule has 1 aliphatic heterocycles. The van der Waals surface area contributed by atoms with Crippen LogP contribution in [0.4, 0.5) is 17.1 Å². The van der Waals surface area contributed by atoms with Crippen molar-refractivity contribution in [3.05, 3.63) is 29.4 Å². The van der Waals surface area contributed by atoms with Gasteiger partial charge < -0.3 is 20.9 Å².